The first kappa shape index (κ1) is 11.7. The second-order valence-corrected chi connectivity index (χ2v) is 4.08. The van der Waals surface area contributed by atoms with Crippen molar-refractivity contribution in [2.45, 2.75) is 13.3 Å². The maximum Gasteiger partial charge on any atom is 0.0447 e. The van der Waals surface area contributed by atoms with E-state index in [1.807, 2.05) is 25.1 Å². The van der Waals surface area contributed by atoms with Gasteiger partial charge in [-0.15, -0.1) is 0 Å². The van der Waals surface area contributed by atoms with Crippen LogP contribution in [0.1, 0.15) is 12.1 Å². The first-order valence-electron chi connectivity index (χ1n) is 5.72. The Morgan fingerprint density at radius 3 is 2.94 bits per heavy atom. The number of hydrogen-bond donors (Lipinski definition) is 3. The van der Waals surface area contributed by atoms with E-state index < -0.39 is 0 Å². The van der Waals surface area contributed by atoms with Gasteiger partial charge >= 0.3 is 0 Å². The molecule has 90 valence electrons. The molecule has 17 heavy (non-hydrogen) atoms. The van der Waals surface area contributed by atoms with Gasteiger partial charge in [-0.05, 0) is 31.5 Å². The molecule has 0 aliphatic carbocycles. The van der Waals surface area contributed by atoms with Gasteiger partial charge in [0.05, 0.1) is 0 Å². The molecule has 1 aromatic heterocycles. The number of nitrogen functional groups attached to an aromatic ring is 1. The van der Waals surface area contributed by atoms with Crippen molar-refractivity contribution in [3.8, 4) is 0 Å². The van der Waals surface area contributed by atoms with Crippen LogP contribution in [-0.4, -0.2) is 23.2 Å². The first-order valence-corrected chi connectivity index (χ1v) is 5.72. The zero-order chi connectivity index (χ0) is 12.3. The van der Waals surface area contributed by atoms with Crippen LogP contribution in [0.2, 0.25) is 0 Å². The Morgan fingerprint density at radius 2 is 2.18 bits per heavy atom. The smallest absolute Gasteiger partial charge is 0.0447 e. The average Bonchev–Trinajstić information content (AvgIpc) is 2.32. The van der Waals surface area contributed by atoms with Gasteiger partial charge in [-0.3, -0.25) is 4.98 Å². The molecule has 0 unspecified atom stereocenters. The van der Waals surface area contributed by atoms with Crippen molar-refractivity contribution in [1.82, 2.24) is 4.98 Å². The van der Waals surface area contributed by atoms with Crippen LogP contribution in [0.15, 0.2) is 24.4 Å². The van der Waals surface area contributed by atoms with Crippen LogP contribution in [0.3, 0.4) is 0 Å². The van der Waals surface area contributed by atoms with E-state index in [0.29, 0.717) is 0 Å². The van der Waals surface area contributed by atoms with Gasteiger partial charge in [0.1, 0.15) is 0 Å². The molecular formula is C13H17N3O. The third kappa shape index (κ3) is 2.47. The van der Waals surface area contributed by atoms with E-state index in [2.05, 4.69) is 10.3 Å². The van der Waals surface area contributed by atoms with E-state index in [9.17, 15) is 0 Å². The molecule has 0 amide bonds. The van der Waals surface area contributed by atoms with Crippen molar-refractivity contribution in [3.63, 3.8) is 0 Å². The van der Waals surface area contributed by atoms with Gasteiger partial charge < -0.3 is 16.2 Å². The lowest BCUT2D eigenvalue weighted by molar-refractivity contribution is 0.292. The second-order valence-electron chi connectivity index (χ2n) is 4.08. The number of aliphatic hydroxyl groups excluding tert-OH is 1. The summed E-state index contributed by atoms with van der Waals surface area (Å²) in [5.41, 5.74) is 8.66. The highest BCUT2D eigenvalue weighted by atomic mass is 16.3. The lowest BCUT2D eigenvalue weighted by Crippen LogP contribution is -2.04. The van der Waals surface area contributed by atoms with Crippen LogP contribution in [0.4, 0.5) is 11.4 Å². The fraction of sp³-hybridized carbons (Fsp3) is 0.308. The molecule has 0 bridgehead atoms. The van der Waals surface area contributed by atoms with Crippen LogP contribution in [-0.2, 0) is 0 Å². The molecule has 0 saturated carbocycles. The molecule has 0 atom stereocenters. The Morgan fingerprint density at radius 1 is 1.35 bits per heavy atom. The van der Waals surface area contributed by atoms with Crippen molar-refractivity contribution in [3.05, 3.63) is 30.1 Å². The zero-order valence-corrected chi connectivity index (χ0v) is 9.90. The van der Waals surface area contributed by atoms with Crippen molar-refractivity contribution < 1.29 is 5.11 Å². The summed E-state index contributed by atoms with van der Waals surface area (Å²) in [6.07, 6.45) is 2.53. The normalized spacial score (nSPS) is 10.7. The fourth-order valence-corrected chi connectivity index (χ4v) is 1.82. The van der Waals surface area contributed by atoms with E-state index in [0.717, 1.165) is 40.8 Å². The summed E-state index contributed by atoms with van der Waals surface area (Å²) >= 11 is 0. The van der Waals surface area contributed by atoms with Gasteiger partial charge in [-0.1, -0.05) is 0 Å². The molecule has 4 heteroatoms. The van der Waals surface area contributed by atoms with Gasteiger partial charge in [0.15, 0.2) is 0 Å². The Kier molecular flexibility index (Phi) is 3.44. The summed E-state index contributed by atoms with van der Waals surface area (Å²) in [5, 5.41) is 14.1. The van der Waals surface area contributed by atoms with E-state index in [4.69, 9.17) is 10.8 Å². The molecule has 2 rings (SSSR count). The molecule has 4 nitrogen and oxygen atoms in total. The highest BCUT2D eigenvalue weighted by Gasteiger charge is 2.04. The number of nitrogens with zero attached hydrogens (tertiary/aromatic N) is 1. The number of aromatic nitrogens is 1. The Labute approximate surface area is 100 Å². The standard InChI is InChI=1S/C13H17N3O/c1-9-7-10-11(8-16-9)12(14)3-4-13(10)15-5-2-6-17/h3-4,7-8,15,17H,2,5-6,14H2,1H3. The minimum atomic E-state index is 0.195. The number of anilines is 2. The molecule has 0 fully saturated rings. The van der Waals surface area contributed by atoms with Crippen molar-refractivity contribution in [2.24, 2.45) is 0 Å². The maximum atomic E-state index is 8.78. The molecule has 0 radical (unpaired) electrons. The number of nitrogens with two attached hydrogens (primary N) is 1. The quantitative estimate of drug-likeness (QED) is 0.555. The molecule has 1 heterocycles. The lowest BCUT2D eigenvalue weighted by atomic mass is 10.1. The molecule has 0 saturated heterocycles. The van der Waals surface area contributed by atoms with Crippen molar-refractivity contribution >= 4 is 22.1 Å². The predicted molar refractivity (Wildman–Crippen MR) is 71.1 cm³/mol. The summed E-state index contributed by atoms with van der Waals surface area (Å²) in [5.74, 6) is 0. The topological polar surface area (TPSA) is 71.2 Å². The minimum Gasteiger partial charge on any atom is -0.398 e. The number of pyridine rings is 1. The molecule has 0 aliphatic rings. The van der Waals surface area contributed by atoms with Gasteiger partial charge in [-0.2, -0.15) is 0 Å². The van der Waals surface area contributed by atoms with Crippen LogP contribution in [0, 0.1) is 6.92 Å². The summed E-state index contributed by atoms with van der Waals surface area (Å²) < 4.78 is 0. The Hall–Kier alpha value is -1.81. The highest BCUT2D eigenvalue weighted by Crippen LogP contribution is 2.28. The van der Waals surface area contributed by atoms with Gasteiger partial charge in [0, 0.05) is 47.2 Å². The first-order chi connectivity index (χ1) is 8.22. The van der Waals surface area contributed by atoms with Crippen LogP contribution < -0.4 is 11.1 Å². The average molecular weight is 231 g/mol. The third-order valence-corrected chi connectivity index (χ3v) is 2.72. The molecule has 0 spiro atoms. The van der Waals surface area contributed by atoms with Gasteiger partial charge in [0.2, 0.25) is 0 Å². The largest absolute Gasteiger partial charge is 0.398 e. The van der Waals surface area contributed by atoms with Gasteiger partial charge in [0.25, 0.3) is 0 Å². The summed E-state index contributed by atoms with van der Waals surface area (Å²) in [6.45, 7) is 2.90. The fourth-order valence-electron chi connectivity index (χ4n) is 1.82. The zero-order valence-electron chi connectivity index (χ0n) is 9.90. The van der Waals surface area contributed by atoms with E-state index in [1.165, 1.54) is 0 Å². The van der Waals surface area contributed by atoms with Crippen molar-refractivity contribution in [1.29, 1.82) is 0 Å². The van der Waals surface area contributed by atoms with E-state index in [-0.39, 0.29) is 6.61 Å². The number of aryl methyl sites for hydroxylation is 1. The van der Waals surface area contributed by atoms with E-state index >= 15 is 0 Å². The molecule has 4 N–H and O–H groups in total. The second kappa shape index (κ2) is 5.01. The number of aliphatic hydroxyl groups is 1. The summed E-state index contributed by atoms with van der Waals surface area (Å²) in [7, 11) is 0. The van der Waals surface area contributed by atoms with Crippen LogP contribution in [0.25, 0.3) is 10.8 Å². The number of hydrogen-bond acceptors (Lipinski definition) is 4. The molecule has 2 aromatic rings. The molecule has 1 aromatic carbocycles. The maximum absolute atomic E-state index is 8.78. The number of fused-ring (bicyclic) bond motifs is 1. The number of benzene rings is 1. The highest BCUT2D eigenvalue weighted by molar-refractivity contribution is 6.00. The Balaban J connectivity index is 2.41. The van der Waals surface area contributed by atoms with E-state index in [1.54, 1.807) is 6.20 Å². The van der Waals surface area contributed by atoms with Crippen LogP contribution >= 0.6 is 0 Å². The number of nitrogens with one attached hydrogen (secondary N) is 1. The minimum absolute atomic E-state index is 0.195. The summed E-state index contributed by atoms with van der Waals surface area (Å²) in [4.78, 5) is 4.26. The lowest BCUT2D eigenvalue weighted by Gasteiger charge is -2.11. The summed E-state index contributed by atoms with van der Waals surface area (Å²) in [6, 6.07) is 5.86. The Bertz CT molecular complexity index is 525. The molecule has 0 aliphatic heterocycles. The predicted octanol–water partition coefficient (Wildman–Crippen LogP) is 1.92. The van der Waals surface area contributed by atoms with Gasteiger partial charge in [-0.25, -0.2) is 0 Å². The third-order valence-electron chi connectivity index (χ3n) is 2.72. The SMILES string of the molecule is Cc1cc2c(NCCCO)ccc(N)c2cn1. The van der Waals surface area contributed by atoms with Crippen molar-refractivity contribution in [2.75, 3.05) is 24.2 Å². The molecular weight excluding hydrogens is 214 g/mol. The van der Waals surface area contributed by atoms with Crippen LogP contribution in [0.5, 0.6) is 0 Å². The number of rotatable bonds is 4. The monoisotopic (exact) mass is 231 g/mol.